The van der Waals surface area contributed by atoms with Gasteiger partial charge in [0.15, 0.2) is 11.5 Å². The summed E-state index contributed by atoms with van der Waals surface area (Å²) >= 11 is 0. The van der Waals surface area contributed by atoms with E-state index in [2.05, 4.69) is 37.2 Å². The van der Waals surface area contributed by atoms with Crippen LogP contribution in [0.2, 0.25) is 0 Å². The van der Waals surface area contributed by atoms with Gasteiger partial charge in [-0.3, -0.25) is 9.69 Å². The minimum atomic E-state index is -0.149. The van der Waals surface area contributed by atoms with Crippen molar-refractivity contribution in [1.82, 2.24) is 20.2 Å². The number of hydrogen-bond acceptors (Lipinski definition) is 7. The Balaban J connectivity index is 1.33. The summed E-state index contributed by atoms with van der Waals surface area (Å²) in [5, 5.41) is 2.95. The first-order valence-corrected chi connectivity index (χ1v) is 10.1. The predicted octanol–water partition coefficient (Wildman–Crippen LogP) is 2.06. The highest BCUT2D eigenvalue weighted by molar-refractivity contribution is 5.92. The van der Waals surface area contributed by atoms with E-state index in [0.29, 0.717) is 18.4 Å². The quantitative estimate of drug-likeness (QED) is 0.799. The number of carbonyl (C=O) groups excluding carboxylic acids is 1. The summed E-state index contributed by atoms with van der Waals surface area (Å²) in [5.74, 6) is 2.10. The van der Waals surface area contributed by atoms with Crippen LogP contribution in [0, 0.1) is 0 Å². The highest BCUT2D eigenvalue weighted by Gasteiger charge is 2.21. The molecule has 0 aliphatic carbocycles. The van der Waals surface area contributed by atoms with Crippen LogP contribution in [0.1, 0.15) is 36.3 Å². The Bertz CT molecular complexity index is 867. The van der Waals surface area contributed by atoms with Gasteiger partial charge in [-0.25, -0.2) is 9.97 Å². The fourth-order valence-electron chi connectivity index (χ4n) is 3.43. The van der Waals surface area contributed by atoms with Crippen LogP contribution in [0.5, 0.6) is 11.5 Å². The topological polar surface area (TPSA) is 79.8 Å². The summed E-state index contributed by atoms with van der Waals surface area (Å²) in [7, 11) is 0. The normalized spacial score (nSPS) is 17.2. The largest absolute Gasteiger partial charge is 0.454 e. The van der Waals surface area contributed by atoms with E-state index >= 15 is 0 Å². The number of fused-ring (bicyclic) bond motifs is 1. The molecular formula is C21H27N5O3. The van der Waals surface area contributed by atoms with E-state index in [1.807, 2.05) is 19.9 Å². The molecule has 0 bridgehead atoms. The molecule has 1 atom stereocenters. The zero-order valence-corrected chi connectivity index (χ0v) is 16.9. The van der Waals surface area contributed by atoms with Crippen LogP contribution in [0.4, 0.5) is 5.95 Å². The number of rotatable bonds is 6. The van der Waals surface area contributed by atoms with Gasteiger partial charge < -0.3 is 19.7 Å². The highest BCUT2D eigenvalue weighted by Crippen LogP contribution is 2.32. The number of ether oxygens (including phenoxy) is 2. The first-order valence-electron chi connectivity index (χ1n) is 10.1. The minimum absolute atomic E-state index is 0.126. The van der Waals surface area contributed by atoms with E-state index in [9.17, 15) is 4.79 Å². The van der Waals surface area contributed by atoms with Gasteiger partial charge in [-0.2, -0.15) is 0 Å². The fraction of sp³-hybridized carbons (Fsp3) is 0.476. The van der Waals surface area contributed by atoms with Crippen molar-refractivity contribution in [3.8, 4) is 11.5 Å². The van der Waals surface area contributed by atoms with Gasteiger partial charge in [0, 0.05) is 45.0 Å². The van der Waals surface area contributed by atoms with Gasteiger partial charge in [0.1, 0.15) is 5.69 Å². The maximum Gasteiger partial charge on any atom is 0.270 e. The molecule has 0 saturated carbocycles. The van der Waals surface area contributed by atoms with Gasteiger partial charge in [0.05, 0.1) is 0 Å². The summed E-state index contributed by atoms with van der Waals surface area (Å²) in [4.78, 5) is 25.7. The Hall–Kier alpha value is -2.87. The number of nitrogens with zero attached hydrogens (tertiary/aromatic N) is 4. The molecule has 1 amide bonds. The fourth-order valence-corrected chi connectivity index (χ4v) is 3.43. The number of carbonyl (C=O) groups is 1. The first-order chi connectivity index (χ1) is 14.1. The Kier molecular flexibility index (Phi) is 5.80. The second kappa shape index (κ2) is 8.65. The average Bonchev–Trinajstić information content (AvgIpc) is 3.22. The lowest BCUT2D eigenvalue weighted by atomic mass is 10.1. The van der Waals surface area contributed by atoms with Crippen LogP contribution < -0.4 is 19.7 Å². The van der Waals surface area contributed by atoms with Gasteiger partial charge in [-0.1, -0.05) is 13.0 Å². The molecule has 1 aromatic heterocycles. The third kappa shape index (κ3) is 4.59. The molecule has 4 rings (SSSR count). The standard InChI is InChI=1S/C21H27N5O3/c1-3-15(2)23-20(27)17-6-7-22-21(24-17)26-10-8-25(9-11-26)13-16-4-5-18-19(12-16)29-14-28-18/h4-7,12,15H,3,8-11,13-14H2,1-2H3,(H,23,27). The summed E-state index contributed by atoms with van der Waals surface area (Å²) < 4.78 is 10.8. The monoisotopic (exact) mass is 397 g/mol. The lowest BCUT2D eigenvalue weighted by molar-refractivity contribution is 0.0934. The number of aromatic nitrogens is 2. The molecule has 3 heterocycles. The average molecular weight is 397 g/mol. The molecule has 0 radical (unpaired) electrons. The molecule has 0 spiro atoms. The van der Waals surface area contributed by atoms with Crippen molar-refractivity contribution < 1.29 is 14.3 Å². The summed E-state index contributed by atoms with van der Waals surface area (Å²) in [5.41, 5.74) is 1.63. The van der Waals surface area contributed by atoms with Crippen molar-refractivity contribution in [3.05, 3.63) is 41.7 Å². The molecule has 8 nitrogen and oxygen atoms in total. The molecule has 1 unspecified atom stereocenters. The molecule has 2 aliphatic heterocycles. The van der Waals surface area contributed by atoms with Crippen molar-refractivity contribution in [3.63, 3.8) is 0 Å². The maximum atomic E-state index is 12.3. The van der Waals surface area contributed by atoms with E-state index in [4.69, 9.17) is 9.47 Å². The lowest BCUT2D eigenvalue weighted by Crippen LogP contribution is -2.46. The first kappa shape index (κ1) is 19.4. The Morgan fingerprint density at radius 3 is 2.76 bits per heavy atom. The Labute approximate surface area is 170 Å². The molecule has 29 heavy (non-hydrogen) atoms. The molecule has 1 saturated heterocycles. The van der Waals surface area contributed by atoms with Crippen molar-refractivity contribution in [2.75, 3.05) is 37.9 Å². The highest BCUT2D eigenvalue weighted by atomic mass is 16.7. The molecule has 2 aliphatic rings. The summed E-state index contributed by atoms with van der Waals surface area (Å²) in [6, 6.07) is 7.90. The van der Waals surface area contributed by atoms with Gasteiger partial charge in [-0.05, 0) is 37.1 Å². The van der Waals surface area contributed by atoms with Gasteiger partial charge in [-0.15, -0.1) is 0 Å². The van der Waals surface area contributed by atoms with Crippen LogP contribution in [-0.2, 0) is 6.54 Å². The molecular weight excluding hydrogens is 370 g/mol. The third-order valence-electron chi connectivity index (χ3n) is 5.36. The van der Waals surface area contributed by atoms with Gasteiger partial charge >= 0.3 is 0 Å². The SMILES string of the molecule is CCC(C)NC(=O)c1ccnc(N2CCN(Cc3ccc4c(c3)OCO4)CC2)n1. The van der Waals surface area contributed by atoms with Gasteiger partial charge in [0.25, 0.3) is 5.91 Å². The van der Waals surface area contributed by atoms with Crippen LogP contribution >= 0.6 is 0 Å². The molecule has 8 heteroatoms. The van der Waals surface area contributed by atoms with E-state index in [0.717, 1.165) is 50.6 Å². The zero-order chi connectivity index (χ0) is 20.2. The number of piperazine rings is 1. The Morgan fingerprint density at radius 1 is 1.17 bits per heavy atom. The van der Waals surface area contributed by atoms with E-state index in [-0.39, 0.29) is 11.9 Å². The molecule has 1 N–H and O–H groups in total. The van der Waals surface area contributed by atoms with E-state index < -0.39 is 0 Å². The van der Waals surface area contributed by atoms with Crippen LogP contribution in [0.15, 0.2) is 30.5 Å². The second-order valence-corrected chi connectivity index (χ2v) is 7.48. The predicted molar refractivity (Wildman–Crippen MR) is 109 cm³/mol. The number of anilines is 1. The lowest BCUT2D eigenvalue weighted by Gasteiger charge is -2.34. The molecule has 2 aromatic rings. The Morgan fingerprint density at radius 2 is 1.97 bits per heavy atom. The van der Waals surface area contributed by atoms with E-state index in [1.165, 1.54) is 5.56 Å². The van der Waals surface area contributed by atoms with Crippen molar-refractivity contribution >= 4 is 11.9 Å². The molecule has 1 aromatic carbocycles. The molecule has 154 valence electrons. The van der Waals surface area contributed by atoms with E-state index in [1.54, 1.807) is 12.3 Å². The van der Waals surface area contributed by atoms with Crippen molar-refractivity contribution in [1.29, 1.82) is 0 Å². The van der Waals surface area contributed by atoms with Crippen LogP contribution in [0.25, 0.3) is 0 Å². The number of hydrogen-bond donors (Lipinski definition) is 1. The zero-order valence-electron chi connectivity index (χ0n) is 16.9. The smallest absolute Gasteiger partial charge is 0.270 e. The summed E-state index contributed by atoms with van der Waals surface area (Å²) in [6.45, 7) is 8.64. The van der Waals surface area contributed by atoms with Crippen LogP contribution in [0.3, 0.4) is 0 Å². The second-order valence-electron chi connectivity index (χ2n) is 7.48. The molecule has 1 fully saturated rings. The van der Waals surface area contributed by atoms with Crippen molar-refractivity contribution in [2.24, 2.45) is 0 Å². The number of amides is 1. The maximum absolute atomic E-state index is 12.3. The number of benzene rings is 1. The van der Waals surface area contributed by atoms with Gasteiger partial charge in [0.2, 0.25) is 12.7 Å². The minimum Gasteiger partial charge on any atom is -0.454 e. The van der Waals surface area contributed by atoms with Crippen molar-refractivity contribution in [2.45, 2.75) is 32.9 Å². The number of nitrogens with one attached hydrogen (secondary N) is 1. The van der Waals surface area contributed by atoms with Crippen LogP contribution in [-0.4, -0.2) is 59.8 Å². The summed E-state index contributed by atoms with van der Waals surface area (Å²) in [6.07, 6.45) is 2.54. The third-order valence-corrected chi connectivity index (χ3v) is 5.36.